The van der Waals surface area contributed by atoms with Crippen molar-refractivity contribution in [3.05, 3.63) is 0 Å². The van der Waals surface area contributed by atoms with Crippen molar-refractivity contribution in [2.75, 3.05) is 39.6 Å². The van der Waals surface area contributed by atoms with Crippen LogP contribution < -0.4 is 0 Å². The highest BCUT2D eigenvalue weighted by Gasteiger charge is 2.55. The summed E-state index contributed by atoms with van der Waals surface area (Å²) in [5, 5.41) is 178. The van der Waals surface area contributed by atoms with E-state index in [0.29, 0.717) is 0 Å². The van der Waals surface area contributed by atoms with E-state index in [1.165, 1.54) is 0 Å². The van der Waals surface area contributed by atoms with Crippen LogP contribution >= 0.6 is 0 Å². The highest BCUT2D eigenvalue weighted by atomic mass is 16.8. The molecule has 6 rings (SSSR count). The van der Waals surface area contributed by atoms with Crippen molar-refractivity contribution in [2.45, 2.75) is 166 Å². The van der Waals surface area contributed by atoms with Crippen molar-refractivity contribution in [3.8, 4) is 0 Å². The number of rotatable bonds is 13. The minimum absolute atomic E-state index is 0.483. The van der Waals surface area contributed by atoms with E-state index in [1.807, 2.05) is 0 Å². The van der Waals surface area contributed by atoms with Gasteiger partial charge in [0.15, 0.2) is 37.7 Å². The predicted octanol–water partition coefficient (Wildman–Crippen LogP) is -12.2. The molecule has 28 heteroatoms. The van der Waals surface area contributed by atoms with E-state index in [1.54, 1.807) is 0 Å². The summed E-state index contributed by atoms with van der Waals surface area (Å²) >= 11 is 0. The van der Waals surface area contributed by atoms with Gasteiger partial charge in [0.2, 0.25) is 0 Å². The van der Waals surface area contributed by atoms with Crippen LogP contribution in [0.25, 0.3) is 0 Å². The second-order valence-electron chi connectivity index (χ2n) is 15.4. The lowest BCUT2D eigenvalue weighted by atomic mass is 9.96. The van der Waals surface area contributed by atoms with Gasteiger partial charge in [-0.2, -0.15) is 0 Å². The number of hydrogen-bond acceptors (Lipinski definition) is 28. The highest BCUT2D eigenvalue weighted by Crippen LogP contribution is 2.34. The molecule has 61 heavy (non-hydrogen) atoms. The number of aliphatic hydroxyl groups is 17. The second-order valence-corrected chi connectivity index (χ2v) is 15.4. The van der Waals surface area contributed by atoms with Gasteiger partial charge in [0, 0.05) is 0 Å². The Hall–Kier alpha value is -1.12. The van der Waals surface area contributed by atoms with Crippen molar-refractivity contribution in [1.82, 2.24) is 0 Å². The fourth-order valence-electron chi connectivity index (χ4n) is 7.64. The predicted molar refractivity (Wildman–Crippen MR) is 181 cm³/mol. The zero-order valence-corrected chi connectivity index (χ0v) is 31.9. The maximum absolute atomic E-state index is 11.2. The Morgan fingerprint density at radius 2 is 0.787 bits per heavy atom. The highest BCUT2D eigenvalue weighted by molar-refractivity contribution is 4.97. The Bertz CT molecular complexity index is 1360. The molecule has 356 valence electrons. The van der Waals surface area contributed by atoms with E-state index in [-0.39, 0.29) is 0 Å². The first kappa shape index (κ1) is 49.3. The largest absolute Gasteiger partial charge is 0.394 e. The molecule has 0 aliphatic carbocycles. The van der Waals surface area contributed by atoms with Crippen LogP contribution in [0, 0.1) is 0 Å². The molecular weight excluding hydrogens is 844 g/mol. The van der Waals surface area contributed by atoms with E-state index in [9.17, 15) is 86.8 Å². The second kappa shape index (κ2) is 21.0. The van der Waals surface area contributed by atoms with Crippen molar-refractivity contribution < 1.29 is 139 Å². The van der Waals surface area contributed by atoms with Gasteiger partial charge in [0.05, 0.1) is 39.6 Å². The van der Waals surface area contributed by atoms with Crippen LogP contribution in [0.4, 0.5) is 0 Å². The van der Waals surface area contributed by atoms with Crippen molar-refractivity contribution in [3.63, 3.8) is 0 Å². The lowest BCUT2D eigenvalue weighted by molar-refractivity contribution is -0.384. The fraction of sp³-hybridized carbons (Fsp3) is 1.00. The van der Waals surface area contributed by atoms with Gasteiger partial charge in [0.25, 0.3) is 0 Å². The fourth-order valence-corrected chi connectivity index (χ4v) is 7.64. The summed E-state index contributed by atoms with van der Waals surface area (Å²) in [5.74, 6) is 0. The molecule has 17 N–H and O–H groups in total. The van der Waals surface area contributed by atoms with Gasteiger partial charge in [-0.15, -0.1) is 0 Å². The molecule has 28 nitrogen and oxygen atoms in total. The molecule has 0 aromatic heterocycles. The number of aliphatic hydroxyl groups excluding tert-OH is 17. The average Bonchev–Trinajstić information content (AvgIpc) is 3.24. The van der Waals surface area contributed by atoms with Gasteiger partial charge in [-0.25, -0.2) is 0 Å². The molecule has 0 bridgehead atoms. The van der Waals surface area contributed by atoms with Gasteiger partial charge >= 0.3 is 0 Å². The zero-order chi connectivity index (χ0) is 44.6. The molecule has 6 saturated heterocycles. The molecule has 27 atom stereocenters. The van der Waals surface area contributed by atoms with Crippen molar-refractivity contribution in [1.29, 1.82) is 0 Å². The Labute approximate surface area is 344 Å². The van der Waals surface area contributed by atoms with Crippen molar-refractivity contribution >= 4 is 0 Å². The van der Waals surface area contributed by atoms with Crippen LogP contribution in [0.3, 0.4) is 0 Å². The third-order valence-electron chi connectivity index (χ3n) is 11.3. The summed E-state index contributed by atoms with van der Waals surface area (Å²) in [6, 6.07) is 0. The Balaban J connectivity index is 1.06. The molecule has 6 heterocycles. The molecule has 0 amide bonds. The molecule has 0 saturated carbocycles. The smallest absolute Gasteiger partial charge is 0.187 e. The Morgan fingerprint density at radius 3 is 1.41 bits per heavy atom. The van der Waals surface area contributed by atoms with Crippen LogP contribution in [-0.4, -0.2) is 292 Å². The lowest BCUT2D eigenvalue weighted by Crippen LogP contribution is -2.66. The quantitative estimate of drug-likeness (QED) is 0.0816. The molecule has 0 aromatic carbocycles. The van der Waals surface area contributed by atoms with Crippen LogP contribution in [0.5, 0.6) is 0 Å². The first-order valence-electron chi connectivity index (χ1n) is 19.4. The lowest BCUT2D eigenvalue weighted by Gasteiger charge is -2.48. The first-order valence-corrected chi connectivity index (χ1v) is 19.4. The Morgan fingerprint density at radius 1 is 0.328 bits per heavy atom. The molecule has 6 fully saturated rings. The van der Waals surface area contributed by atoms with E-state index in [0.717, 1.165) is 0 Å². The monoisotopic (exact) mass is 900 g/mol. The third kappa shape index (κ3) is 10.3. The topological polar surface area (TPSA) is 445 Å². The minimum Gasteiger partial charge on any atom is -0.394 e. The summed E-state index contributed by atoms with van der Waals surface area (Å²) in [6.07, 6.45) is -47.9. The van der Waals surface area contributed by atoms with Crippen LogP contribution in [-0.2, 0) is 52.1 Å². The molecule has 6 aliphatic rings. The van der Waals surface area contributed by atoms with Gasteiger partial charge in [0.1, 0.15) is 128 Å². The zero-order valence-electron chi connectivity index (χ0n) is 31.9. The first-order chi connectivity index (χ1) is 28.9. The summed E-state index contributed by atoms with van der Waals surface area (Å²) in [7, 11) is 0. The molecule has 6 aliphatic heterocycles. The molecule has 0 spiro atoms. The molecule has 0 unspecified atom stereocenters. The van der Waals surface area contributed by atoms with Gasteiger partial charge in [-0.05, 0) is 0 Å². The number of hydrogen-bond donors (Lipinski definition) is 17. The normalized spacial score (nSPS) is 53.8. The maximum Gasteiger partial charge on any atom is 0.187 e. The van der Waals surface area contributed by atoms with Crippen LogP contribution in [0.1, 0.15) is 0 Å². The van der Waals surface area contributed by atoms with Gasteiger partial charge in [-0.3, -0.25) is 0 Å². The molecule has 0 radical (unpaired) electrons. The van der Waals surface area contributed by atoms with Gasteiger partial charge in [-0.1, -0.05) is 0 Å². The van der Waals surface area contributed by atoms with E-state index in [4.69, 9.17) is 52.1 Å². The van der Waals surface area contributed by atoms with Crippen LogP contribution in [0.2, 0.25) is 0 Å². The van der Waals surface area contributed by atoms with Crippen molar-refractivity contribution in [2.24, 2.45) is 0 Å². The standard InChI is InChI=1S/C33H56O28/c34-1-9-14(40)17(43)20(46)32(55-9)60-26-16(42)10(2-35)56-33(23(26)49)58-24-8(38)5-52-31(22(24)48)57-12-6-53-30(19(45)15(12)41)59-25-11(3-36)54-28(50)27(21(25)47)61-29-18(44)13(39)7(37)4-51-29/h7-50H,1-6H2/t7-,8-,9-,10-,11+,12-,13+,14+,15+,16-,17+,18-,19-,20-,21-,22-,23-,24+,25-,26+,27+,28+,29+,30+,31+,32-,33+/m1/s1. The molecule has 0 aromatic rings. The minimum atomic E-state index is -2.04. The average molecular weight is 901 g/mol. The van der Waals surface area contributed by atoms with E-state index >= 15 is 0 Å². The van der Waals surface area contributed by atoms with Gasteiger partial charge < -0.3 is 139 Å². The summed E-state index contributed by atoms with van der Waals surface area (Å²) in [5.41, 5.74) is 0. The van der Waals surface area contributed by atoms with E-state index in [2.05, 4.69) is 0 Å². The van der Waals surface area contributed by atoms with E-state index < -0.39 is 206 Å². The Kier molecular flexibility index (Phi) is 17.0. The molecular formula is C33H56O28. The summed E-state index contributed by atoms with van der Waals surface area (Å²) < 4.78 is 60.2. The summed E-state index contributed by atoms with van der Waals surface area (Å²) in [4.78, 5) is 0. The number of ether oxygens (including phenoxy) is 11. The maximum atomic E-state index is 11.2. The third-order valence-corrected chi connectivity index (χ3v) is 11.3. The van der Waals surface area contributed by atoms with Crippen LogP contribution in [0.15, 0.2) is 0 Å². The summed E-state index contributed by atoms with van der Waals surface area (Å²) in [6.45, 7) is -4.29. The SMILES string of the molecule is OC[C@@H]1O[C@H](O)[C@@H](O[C@@H]2OC[C@@H](O)[C@H](O)[C@H]2O)[C@H](O)[C@@H]1O[C@@H]1OC[C@@H](O[C@@H]2OC[C@@H](O)[C@H](O[C@@H]3O[C@H](CO)[C@@H](O)[C@H](O[C@H]4O[C@H](CO)[C@H](O)[C@H](O)[C@H]4O)[C@H]3O)[C@H]2O)[C@H](O)[C@H]1O.